The molecule has 0 saturated carbocycles. The van der Waals surface area contributed by atoms with E-state index in [2.05, 4.69) is 16.0 Å². The van der Waals surface area contributed by atoms with Crippen LogP contribution in [-0.4, -0.2) is 25.2 Å². The third kappa shape index (κ3) is 3.94. The number of carbonyl (C=O) groups excluding carboxylic acids is 1. The number of amides is 1. The topological polar surface area (TPSA) is 71.6 Å². The van der Waals surface area contributed by atoms with Crippen LogP contribution in [-0.2, 0) is 4.79 Å². The zero-order valence-corrected chi connectivity index (χ0v) is 17.1. The first kappa shape index (κ1) is 19.7. The van der Waals surface area contributed by atoms with Gasteiger partial charge in [0.15, 0.2) is 16.6 Å². The van der Waals surface area contributed by atoms with Crippen LogP contribution in [0.15, 0.2) is 53.7 Å². The highest BCUT2D eigenvalue weighted by atomic mass is 32.1. The number of anilines is 1. The Bertz CT molecular complexity index is 956. The number of nitrogens with one attached hydrogen (secondary N) is 3. The summed E-state index contributed by atoms with van der Waals surface area (Å²) >= 11 is 5.33. The summed E-state index contributed by atoms with van der Waals surface area (Å²) in [4.78, 5) is 13.2. The molecule has 146 valence electrons. The van der Waals surface area contributed by atoms with Gasteiger partial charge in [0.25, 0.3) is 5.91 Å². The van der Waals surface area contributed by atoms with Crippen LogP contribution in [0.2, 0.25) is 0 Å². The van der Waals surface area contributed by atoms with Crippen molar-refractivity contribution < 1.29 is 14.3 Å². The van der Waals surface area contributed by atoms with Gasteiger partial charge in [0.05, 0.1) is 25.8 Å². The zero-order valence-electron chi connectivity index (χ0n) is 16.3. The molecule has 1 aliphatic heterocycles. The number of methoxy groups -OCH3 is 2. The molecule has 28 heavy (non-hydrogen) atoms. The molecule has 0 aromatic heterocycles. The fourth-order valence-electron chi connectivity index (χ4n) is 3.29. The quantitative estimate of drug-likeness (QED) is 0.672. The summed E-state index contributed by atoms with van der Waals surface area (Å²) in [6.45, 7) is 3.81. The average Bonchev–Trinajstić information content (AvgIpc) is 2.66. The molecule has 1 atom stereocenters. The Hall–Kier alpha value is -3.06. The van der Waals surface area contributed by atoms with E-state index in [1.54, 1.807) is 14.2 Å². The third-order valence-electron chi connectivity index (χ3n) is 4.53. The Kier molecular flexibility index (Phi) is 5.84. The van der Waals surface area contributed by atoms with Gasteiger partial charge in [-0.05, 0) is 49.8 Å². The monoisotopic (exact) mass is 397 g/mol. The van der Waals surface area contributed by atoms with Gasteiger partial charge in [0, 0.05) is 16.9 Å². The summed E-state index contributed by atoms with van der Waals surface area (Å²) in [5.41, 5.74) is 3.77. The van der Waals surface area contributed by atoms with E-state index < -0.39 is 6.04 Å². The number of rotatable bonds is 5. The van der Waals surface area contributed by atoms with Crippen molar-refractivity contribution in [3.05, 3.63) is 64.9 Å². The van der Waals surface area contributed by atoms with E-state index in [-0.39, 0.29) is 5.91 Å². The summed E-state index contributed by atoms with van der Waals surface area (Å²) in [5.74, 6) is 0.920. The van der Waals surface area contributed by atoms with E-state index in [9.17, 15) is 4.79 Å². The van der Waals surface area contributed by atoms with Crippen molar-refractivity contribution in [2.24, 2.45) is 0 Å². The largest absolute Gasteiger partial charge is 0.493 e. The molecule has 1 aliphatic rings. The highest BCUT2D eigenvalue weighted by Gasteiger charge is 2.32. The van der Waals surface area contributed by atoms with E-state index in [0.29, 0.717) is 27.9 Å². The molecule has 0 radical (unpaired) electrons. The van der Waals surface area contributed by atoms with Crippen LogP contribution in [0.1, 0.15) is 24.1 Å². The number of para-hydroxylation sites is 1. The van der Waals surface area contributed by atoms with Crippen molar-refractivity contribution in [2.45, 2.75) is 19.9 Å². The molecule has 0 bridgehead atoms. The molecule has 6 nitrogen and oxygen atoms in total. The molecule has 7 heteroatoms. The van der Waals surface area contributed by atoms with Crippen LogP contribution in [0.3, 0.4) is 0 Å². The maximum absolute atomic E-state index is 13.2. The Morgan fingerprint density at radius 2 is 1.86 bits per heavy atom. The molecule has 1 unspecified atom stereocenters. The first-order chi connectivity index (χ1) is 13.4. The molecule has 1 amide bonds. The number of carbonyl (C=O) groups is 1. The molecule has 2 aromatic rings. The van der Waals surface area contributed by atoms with Gasteiger partial charge in [-0.25, -0.2) is 0 Å². The van der Waals surface area contributed by atoms with Gasteiger partial charge in [0.1, 0.15) is 0 Å². The molecule has 2 aromatic carbocycles. The van der Waals surface area contributed by atoms with Crippen LogP contribution in [0, 0.1) is 6.92 Å². The molecule has 1 heterocycles. The first-order valence-corrected chi connectivity index (χ1v) is 9.22. The number of allylic oxidation sites excluding steroid dienone is 1. The van der Waals surface area contributed by atoms with Crippen molar-refractivity contribution in [1.29, 1.82) is 0 Å². The maximum Gasteiger partial charge on any atom is 0.255 e. The Morgan fingerprint density at radius 1 is 1.11 bits per heavy atom. The van der Waals surface area contributed by atoms with E-state index in [4.69, 9.17) is 21.7 Å². The van der Waals surface area contributed by atoms with Gasteiger partial charge in [-0.1, -0.05) is 24.3 Å². The lowest BCUT2D eigenvalue weighted by molar-refractivity contribution is -0.113. The Balaban J connectivity index is 2.03. The summed E-state index contributed by atoms with van der Waals surface area (Å²) in [5, 5.41) is 9.64. The second kappa shape index (κ2) is 8.31. The number of thiocarbonyl (C=S) groups is 1. The van der Waals surface area contributed by atoms with Crippen molar-refractivity contribution in [3.63, 3.8) is 0 Å². The number of hydrogen-bond donors (Lipinski definition) is 3. The maximum atomic E-state index is 13.2. The van der Waals surface area contributed by atoms with Gasteiger partial charge in [-0.15, -0.1) is 0 Å². The second-order valence-corrected chi connectivity index (χ2v) is 6.88. The van der Waals surface area contributed by atoms with Crippen LogP contribution in [0.25, 0.3) is 0 Å². The van der Waals surface area contributed by atoms with Crippen LogP contribution < -0.4 is 25.4 Å². The van der Waals surface area contributed by atoms with Crippen LogP contribution in [0.5, 0.6) is 11.5 Å². The third-order valence-corrected chi connectivity index (χ3v) is 4.75. The average molecular weight is 398 g/mol. The zero-order chi connectivity index (χ0) is 20.3. The summed E-state index contributed by atoms with van der Waals surface area (Å²) in [6, 6.07) is 12.7. The lowest BCUT2D eigenvalue weighted by Gasteiger charge is -2.31. The van der Waals surface area contributed by atoms with Crippen LogP contribution >= 0.6 is 12.2 Å². The molecule has 0 spiro atoms. The predicted octanol–water partition coefficient (Wildman–Crippen LogP) is 3.44. The molecular weight excluding hydrogens is 374 g/mol. The standard InChI is InChI=1S/C21H23N3O3S/c1-12-7-5-8-14(11-12)23-20(25)17-13(2)22-21(28)24-18(17)15-9-6-10-16(26-3)19(15)27-4/h5-11,18H,1-4H3,(H,23,25)(H2,22,24,28). The minimum atomic E-state index is -0.483. The molecule has 3 N–H and O–H groups in total. The van der Waals surface area contributed by atoms with Gasteiger partial charge in [0.2, 0.25) is 0 Å². The minimum Gasteiger partial charge on any atom is -0.493 e. The number of ether oxygens (including phenoxy) is 2. The lowest BCUT2D eigenvalue weighted by Crippen LogP contribution is -2.45. The van der Waals surface area contributed by atoms with Crippen molar-refractivity contribution in [2.75, 3.05) is 19.5 Å². The summed E-state index contributed by atoms with van der Waals surface area (Å²) in [7, 11) is 3.15. The van der Waals surface area contributed by atoms with E-state index in [1.807, 2.05) is 56.3 Å². The second-order valence-electron chi connectivity index (χ2n) is 6.48. The molecule has 3 rings (SSSR count). The Morgan fingerprint density at radius 3 is 2.54 bits per heavy atom. The minimum absolute atomic E-state index is 0.222. The fraction of sp³-hybridized carbons (Fsp3) is 0.238. The molecule has 0 fully saturated rings. The first-order valence-electron chi connectivity index (χ1n) is 8.81. The van der Waals surface area contributed by atoms with Gasteiger partial charge < -0.3 is 25.4 Å². The molecule has 0 saturated heterocycles. The van der Waals surface area contributed by atoms with Crippen molar-refractivity contribution in [3.8, 4) is 11.5 Å². The SMILES string of the molecule is COc1cccc(C2NC(=S)NC(C)=C2C(=O)Nc2cccc(C)c2)c1OC. The van der Waals surface area contributed by atoms with E-state index >= 15 is 0 Å². The van der Waals surface area contributed by atoms with Crippen molar-refractivity contribution >= 4 is 28.9 Å². The van der Waals surface area contributed by atoms with Gasteiger partial charge in [-0.2, -0.15) is 0 Å². The fourth-order valence-corrected chi connectivity index (χ4v) is 3.56. The summed E-state index contributed by atoms with van der Waals surface area (Å²) in [6.07, 6.45) is 0. The number of aryl methyl sites for hydroxylation is 1. The van der Waals surface area contributed by atoms with Gasteiger partial charge >= 0.3 is 0 Å². The lowest BCUT2D eigenvalue weighted by atomic mass is 9.93. The van der Waals surface area contributed by atoms with Crippen LogP contribution in [0.4, 0.5) is 5.69 Å². The number of benzene rings is 2. The highest BCUT2D eigenvalue weighted by molar-refractivity contribution is 7.80. The normalized spacial score (nSPS) is 16.1. The summed E-state index contributed by atoms with van der Waals surface area (Å²) < 4.78 is 11.0. The van der Waals surface area contributed by atoms with E-state index in [1.165, 1.54) is 0 Å². The predicted molar refractivity (Wildman–Crippen MR) is 114 cm³/mol. The number of hydrogen-bond acceptors (Lipinski definition) is 4. The molecule has 0 aliphatic carbocycles. The van der Waals surface area contributed by atoms with E-state index in [0.717, 1.165) is 16.8 Å². The Labute approximate surface area is 169 Å². The smallest absolute Gasteiger partial charge is 0.255 e. The van der Waals surface area contributed by atoms with Gasteiger partial charge in [-0.3, -0.25) is 4.79 Å². The highest BCUT2D eigenvalue weighted by Crippen LogP contribution is 2.39. The van der Waals surface area contributed by atoms with Crippen molar-refractivity contribution in [1.82, 2.24) is 10.6 Å². The molecular formula is C21H23N3O3S.